The molecule has 0 heterocycles. The Morgan fingerprint density at radius 3 is 2.41 bits per heavy atom. The number of benzene rings is 3. The van der Waals surface area contributed by atoms with Gasteiger partial charge in [0.15, 0.2) is 0 Å². The molecule has 0 spiro atoms. The Kier molecular flexibility index (Phi) is 8.79. The molecule has 1 N–H and O–H groups in total. The summed E-state index contributed by atoms with van der Waals surface area (Å²) in [5.41, 5.74) is 2.12. The molecule has 0 aliphatic heterocycles. The third kappa shape index (κ3) is 6.65. The van der Waals surface area contributed by atoms with E-state index in [1.165, 1.54) is 37.5 Å². The van der Waals surface area contributed by atoms with E-state index in [4.69, 9.17) is 4.74 Å². The summed E-state index contributed by atoms with van der Waals surface area (Å²) in [6.45, 7) is 0.255. The molecule has 172 valence electrons. The third-order valence-electron chi connectivity index (χ3n) is 4.56. The van der Waals surface area contributed by atoms with Gasteiger partial charge in [-0.1, -0.05) is 12.1 Å². The highest BCUT2D eigenvalue weighted by Crippen LogP contribution is 2.33. The van der Waals surface area contributed by atoms with E-state index in [0.29, 0.717) is 27.0 Å². The van der Waals surface area contributed by atoms with E-state index < -0.39 is 11.9 Å². The minimum absolute atomic E-state index is 0.0975. The van der Waals surface area contributed by atoms with Crippen LogP contribution in [0.25, 0.3) is 6.08 Å². The fourth-order valence-electron chi connectivity index (χ4n) is 2.86. The summed E-state index contributed by atoms with van der Waals surface area (Å²) in [7, 11) is 1.28. The second-order valence-electron chi connectivity index (χ2n) is 6.92. The number of anilines is 1. The molecule has 0 radical (unpaired) electrons. The molecule has 3 aromatic rings. The molecule has 6 nitrogen and oxygen atoms in total. The molecule has 0 bridgehead atoms. The van der Waals surface area contributed by atoms with Gasteiger partial charge in [0.05, 0.1) is 20.7 Å². The molecule has 9 heteroatoms. The lowest BCUT2D eigenvalue weighted by Crippen LogP contribution is -2.13. The van der Waals surface area contributed by atoms with Crippen LogP contribution in [0.4, 0.5) is 10.1 Å². The number of hydrogen-bond donors (Lipinski definition) is 1. The van der Waals surface area contributed by atoms with Crippen molar-refractivity contribution in [3.8, 4) is 11.8 Å². The van der Waals surface area contributed by atoms with Gasteiger partial charge in [-0.15, -0.1) is 0 Å². The normalized spacial score (nSPS) is 10.9. The van der Waals surface area contributed by atoms with Gasteiger partial charge in [-0.2, -0.15) is 5.26 Å². The van der Waals surface area contributed by atoms with Crippen LogP contribution in [0.15, 0.2) is 70.7 Å². The van der Waals surface area contributed by atoms with E-state index in [2.05, 4.69) is 48.6 Å². The maximum absolute atomic E-state index is 13.1. The van der Waals surface area contributed by atoms with Crippen molar-refractivity contribution in [1.82, 2.24) is 0 Å². The minimum Gasteiger partial charge on any atom is -0.487 e. The number of hydrogen-bond acceptors (Lipinski definition) is 5. The fraction of sp³-hybridized carbons (Fsp3) is 0.0800. The van der Waals surface area contributed by atoms with Crippen LogP contribution in [0.3, 0.4) is 0 Å². The molecule has 34 heavy (non-hydrogen) atoms. The van der Waals surface area contributed by atoms with Crippen LogP contribution < -0.4 is 10.1 Å². The third-order valence-corrected chi connectivity index (χ3v) is 5.95. The first-order valence-corrected chi connectivity index (χ1v) is 11.7. The van der Waals surface area contributed by atoms with Crippen LogP contribution in [0, 0.1) is 20.7 Å². The highest BCUT2D eigenvalue weighted by atomic mass is 127. The van der Waals surface area contributed by atoms with Gasteiger partial charge in [0.2, 0.25) is 0 Å². The van der Waals surface area contributed by atoms with E-state index in [9.17, 15) is 19.2 Å². The van der Waals surface area contributed by atoms with Gasteiger partial charge in [0, 0.05) is 5.69 Å². The van der Waals surface area contributed by atoms with Crippen molar-refractivity contribution in [2.45, 2.75) is 6.61 Å². The minimum atomic E-state index is -0.587. The Hall–Kier alpha value is -3.23. The van der Waals surface area contributed by atoms with Crippen LogP contribution in [0.5, 0.6) is 5.75 Å². The number of nitrogens with zero attached hydrogens (tertiary/aromatic N) is 1. The number of esters is 1. The van der Waals surface area contributed by atoms with Crippen LogP contribution in [-0.4, -0.2) is 19.0 Å². The zero-order chi connectivity index (χ0) is 24.7. The van der Waals surface area contributed by atoms with Crippen molar-refractivity contribution in [3.63, 3.8) is 0 Å². The summed E-state index contributed by atoms with van der Waals surface area (Å²) in [5.74, 6) is -0.793. The lowest BCUT2D eigenvalue weighted by Gasteiger charge is -2.12. The van der Waals surface area contributed by atoms with Crippen LogP contribution >= 0.6 is 38.5 Å². The summed E-state index contributed by atoms with van der Waals surface area (Å²) >= 11 is 5.57. The zero-order valence-electron chi connectivity index (χ0n) is 17.8. The molecule has 0 aromatic heterocycles. The van der Waals surface area contributed by atoms with Crippen molar-refractivity contribution in [2.75, 3.05) is 12.4 Å². The zero-order valence-corrected chi connectivity index (χ0v) is 21.5. The average molecular weight is 635 g/mol. The van der Waals surface area contributed by atoms with Gasteiger partial charge in [-0.3, -0.25) is 4.79 Å². The molecule has 3 rings (SSSR count). The highest BCUT2D eigenvalue weighted by Gasteiger charge is 2.13. The standard InChI is InChI=1S/C25H17BrFIN2O4/c1-33-25(32)17-4-8-20(9-5-17)30-24(31)18(13-29)10-16-11-21(26)23(22(28)12-16)34-14-15-2-6-19(27)7-3-15/h2-12H,14H2,1H3,(H,30,31)/b18-10+. The lowest BCUT2D eigenvalue weighted by atomic mass is 10.1. The van der Waals surface area contributed by atoms with Gasteiger partial charge in [0.1, 0.15) is 29.8 Å². The number of methoxy groups -OCH3 is 1. The summed E-state index contributed by atoms with van der Waals surface area (Å²) in [4.78, 5) is 24.1. The largest absolute Gasteiger partial charge is 0.487 e. The molecule has 1 amide bonds. The molecule has 3 aromatic carbocycles. The average Bonchev–Trinajstić information content (AvgIpc) is 2.83. The molecular formula is C25H17BrFIN2O4. The van der Waals surface area contributed by atoms with Crippen LogP contribution in [-0.2, 0) is 16.1 Å². The van der Waals surface area contributed by atoms with Gasteiger partial charge < -0.3 is 14.8 Å². The van der Waals surface area contributed by atoms with Crippen molar-refractivity contribution >= 4 is 62.2 Å². The second-order valence-corrected chi connectivity index (χ2v) is 8.94. The van der Waals surface area contributed by atoms with E-state index >= 15 is 0 Å². The van der Waals surface area contributed by atoms with Gasteiger partial charge in [-0.25, -0.2) is 9.18 Å². The van der Waals surface area contributed by atoms with Gasteiger partial charge in [-0.05, 0) is 104 Å². The van der Waals surface area contributed by atoms with Crippen molar-refractivity contribution in [1.29, 1.82) is 5.26 Å². The number of ether oxygens (including phenoxy) is 2. The maximum atomic E-state index is 13.1. The summed E-state index contributed by atoms with van der Waals surface area (Å²) in [6.07, 6.45) is 1.47. The number of nitriles is 1. The summed E-state index contributed by atoms with van der Waals surface area (Å²) in [5, 5.41) is 12.1. The summed E-state index contributed by atoms with van der Waals surface area (Å²) < 4.78 is 25.0. The van der Waals surface area contributed by atoms with Crippen molar-refractivity contribution < 1.29 is 23.5 Å². The Bertz CT molecular complexity index is 1260. The topological polar surface area (TPSA) is 88.4 Å². The van der Waals surface area contributed by atoms with Crippen LogP contribution in [0.2, 0.25) is 0 Å². The quantitative estimate of drug-likeness (QED) is 0.147. The monoisotopic (exact) mass is 634 g/mol. The Labute approximate surface area is 217 Å². The number of halogens is 3. The number of carbonyl (C=O) groups is 2. The number of rotatable bonds is 7. The molecule has 0 unspecified atom stereocenters. The first-order chi connectivity index (χ1) is 16.3. The van der Waals surface area contributed by atoms with E-state index in [1.54, 1.807) is 36.4 Å². The van der Waals surface area contributed by atoms with Crippen molar-refractivity contribution in [2.24, 2.45) is 0 Å². The number of nitrogens with one attached hydrogen (secondary N) is 1. The fourth-order valence-corrected chi connectivity index (χ4v) is 4.63. The molecule has 0 fully saturated rings. The Morgan fingerprint density at radius 2 is 1.82 bits per heavy atom. The SMILES string of the molecule is COC(=O)c1ccc(NC(=O)/C(C#N)=C/c2cc(Br)c(OCc3ccc(F)cc3)c(I)c2)cc1. The molecule has 0 aliphatic carbocycles. The molecule has 0 saturated carbocycles. The predicted octanol–water partition coefficient (Wildman–Crippen LogP) is 6.10. The molecule has 0 saturated heterocycles. The highest BCUT2D eigenvalue weighted by molar-refractivity contribution is 14.1. The smallest absolute Gasteiger partial charge is 0.337 e. The van der Waals surface area contributed by atoms with Crippen LogP contribution in [0.1, 0.15) is 21.5 Å². The van der Waals surface area contributed by atoms with E-state index in [0.717, 1.165) is 9.13 Å². The molecule has 0 aliphatic rings. The summed E-state index contributed by atoms with van der Waals surface area (Å²) in [6, 6.07) is 17.6. The van der Waals surface area contributed by atoms with Gasteiger partial charge >= 0.3 is 5.97 Å². The molecular weight excluding hydrogens is 618 g/mol. The predicted molar refractivity (Wildman–Crippen MR) is 138 cm³/mol. The van der Waals surface area contributed by atoms with E-state index in [-0.39, 0.29) is 18.0 Å². The first-order valence-electron chi connectivity index (χ1n) is 9.78. The molecule has 0 atom stereocenters. The van der Waals surface area contributed by atoms with Crippen molar-refractivity contribution in [3.05, 3.63) is 96.8 Å². The second kappa shape index (κ2) is 11.8. The Balaban J connectivity index is 1.73. The lowest BCUT2D eigenvalue weighted by molar-refractivity contribution is -0.112. The first kappa shape index (κ1) is 25.4. The maximum Gasteiger partial charge on any atom is 0.337 e. The number of amides is 1. The van der Waals surface area contributed by atoms with E-state index in [1.807, 2.05) is 6.07 Å². The number of carbonyl (C=O) groups excluding carboxylic acids is 2. The Morgan fingerprint density at radius 1 is 1.15 bits per heavy atom. The van der Waals surface area contributed by atoms with Gasteiger partial charge in [0.25, 0.3) is 5.91 Å².